The Labute approximate surface area is 198 Å². The molecule has 1 aromatic heterocycles. The first kappa shape index (κ1) is 23.5. The van der Waals surface area contributed by atoms with Crippen LogP contribution in [0.3, 0.4) is 0 Å². The number of nitriles is 1. The fourth-order valence-corrected chi connectivity index (χ4v) is 4.64. The lowest BCUT2D eigenvalue weighted by Gasteiger charge is -2.42. The van der Waals surface area contributed by atoms with Crippen molar-refractivity contribution in [3.63, 3.8) is 0 Å². The first-order valence-corrected chi connectivity index (χ1v) is 11.3. The molecule has 176 valence electrons. The average Bonchev–Trinajstić information content (AvgIpc) is 3.21. The molecular weight excluding hydrogens is 435 g/mol. The van der Waals surface area contributed by atoms with Crippen LogP contribution in [0.15, 0.2) is 35.6 Å². The molecule has 3 heterocycles. The summed E-state index contributed by atoms with van der Waals surface area (Å²) in [7, 11) is 0. The van der Waals surface area contributed by atoms with Gasteiger partial charge in [0.05, 0.1) is 11.1 Å². The van der Waals surface area contributed by atoms with Crippen molar-refractivity contribution in [3.8, 4) is 6.07 Å². The van der Waals surface area contributed by atoms with E-state index in [-0.39, 0.29) is 34.8 Å². The number of hydrazone groups is 1. The lowest BCUT2D eigenvalue weighted by Crippen LogP contribution is -2.55. The van der Waals surface area contributed by atoms with Crippen LogP contribution in [0.5, 0.6) is 0 Å². The van der Waals surface area contributed by atoms with Gasteiger partial charge >= 0.3 is 0 Å². The van der Waals surface area contributed by atoms with Gasteiger partial charge in [-0.3, -0.25) is 14.5 Å². The Morgan fingerprint density at radius 3 is 2.62 bits per heavy atom. The third-order valence-corrected chi connectivity index (χ3v) is 6.53. The molecule has 0 aliphatic carbocycles. The maximum Gasteiger partial charge on any atom is 0.261 e. The van der Waals surface area contributed by atoms with Crippen LogP contribution in [-0.4, -0.2) is 64.5 Å². The summed E-state index contributed by atoms with van der Waals surface area (Å²) in [4.78, 5) is 34.5. The van der Waals surface area contributed by atoms with Gasteiger partial charge in [-0.15, -0.1) is 0 Å². The van der Waals surface area contributed by atoms with Gasteiger partial charge in [0.15, 0.2) is 5.82 Å². The maximum atomic E-state index is 14.4. The van der Waals surface area contributed by atoms with Gasteiger partial charge in [-0.2, -0.15) is 15.4 Å². The molecule has 1 aromatic carbocycles. The SMILES string of the molecule is Cc1c(C2C=NN(c3ccc(C(=O)N4CCN(C(C)C)[C@@H](C)C4)cn3)C2=O)ccc(C#N)c1F. The Morgan fingerprint density at radius 2 is 2.00 bits per heavy atom. The minimum absolute atomic E-state index is 0.0672. The first-order chi connectivity index (χ1) is 16.2. The second-order valence-corrected chi connectivity index (χ2v) is 8.98. The zero-order valence-corrected chi connectivity index (χ0v) is 19.7. The molecule has 2 aliphatic heterocycles. The fourth-order valence-electron chi connectivity index (χ4n) is 4.64. The number of piperazine rings is 1. The summed E-state index contributed by atoms with van der Waals surface area (Å²) in [6.07, 6.45) is 2.90. The number of rotatable bonds is 4. The van der Waals surface area contributed by atoms with Crippen molar-refractivity contribution in [2.75, 3.05) is 24.6 Å². The Kier molecular flexibility index (Phi) is 6.44. The zero-order valence-electron chi connectivity index (χ0n) is 19.7. The number of carbonyl (C=O) groups excluding carboxylic acids is 2. The molecule has 0 spiro atoms. The molecule has 0 radical (unpaired) electrons. The van der Waals surface area contributed by atoms with Crippen LogP contribution in [0, 0.1) is 24.1 Å². The number of benzene rings is 1. The predicted octanol–water partition coefficient (Wildman–Crippen LogP) is 3.07. The monoisotopic (exact) mass is 462 g/mol. The first-order valence-electron chi connectivity index (χ1n) is 11.3. The topological polar surface area (TPSA) is 92.9 Å². The van der Waals surface area contributed by atoms with Crippen molar-refractivity contribution in [2.24, 2.45) is 5.10 Å². The molecule has 1 unspecified atom stereocenters. The molecule has 0 N–H and O–H groups in total. The minimum Gasteiger partial charge on any atom is -0.336 e. The van der Waals surface area contributed by atoms with E-state index in [1.165, 1.54) is 25.4 Å². The van der Waals surface area contributed by atoms with Crippen molar-refractivity contribution in [3.05, 3.63) is 58.5 Å². The number of hydrogen-bond acceptors (Lipinski definition) is 6. The van der Waals surface area contributed by atoms with Crippen molar-refractivity contribution in [2.45, 2.75) is 45.7 Å². The number of halogens is 1. The molecular formula is C25H27FN6O2. The van der Waals surface area contributed by atoms with Crippen molar-refractivity contribution in [1.29, 1.82) is 5.26 Å². The highest BCUT2D eigenvalue weighted by atomic mass is 19.1. The summed E-state index contributed by atoms with van der Waals surface area (Å²) in [6.45, 7) is 10.1. The number of amides is 2. The quantitative estimate of drug-likeness (QED) is 0.696. The van der Waals surface area contributed by atoms with E-state index >= 15 is 0 Å². The van der Waals surface area contributed by atoms with E-state index in [4.69, 9.17) is 5.26 Å². The molecule has 1 fully saturated rings. The summed E-state index contributed by atoms with van der Waals surface area (Å²) in [6, 6.07) is 8.67. The molecule has 2 aliphatic rings. The molecule has 34 heavy (non-hydrogen) atoms. The van der Waals surface area contributed by atoms with Crippen molar-refractivity contribution >= 4 is 23.8 Å². The van der Waals surface area contributed by atoms with Crippen LogP contribution in [0.25, 0.3) is 0 Å². The number of hydrogen-bond donors (Lipinski definition) is 0. The van der Waals surface area contributed by atoms with Gasteiger partial charge < -0.3 is 4.90 Å². The minimum atomic E-state index is -0.774. The van der Waals surface area contributed by atoms with Gasteiger partial charge in [0.2, 0.25) is 0 Å². The zero-order chi connectivity index (χ0) is 24.6. The number of aromatic nitrogens is 1. The number of carbonyl (C=O) groups is 2. The molecule has 2 amide bonds. The lowest BCUT2D eigenvalue weighted by molar-refractivity contribution is -0.118. The molecule has 2 aromatic rings. The number of nitrogens with zero attached hydrogens (tertiary/aromatic N) is 6. The molecule has 0 bridgehead atoms. The molecule has 9 heteroatoms. The van der Waals surface area contributed by atoms with Crippen LogP contribution in [0.4, 0.5) is 10.2 Å². The highest BCUT2D eigenvalue weighted by Gasteiger charge is 2.34. The summed E-state index contributed by atoms with van der Waals surface area (Å²) < 4.78 is 14.4. The lowest BCUT2D eigenvalue weighted by atomic mass is 9.93. The summed E-state index contributed by atoms with van der Waals surface area (Å²) in [5, 5.41) is 14.3. The van der Waals surface area contributed by atoms with E-state index in [1.807, 2.05) is 4.90 Å². The molecule has 8 nitrogen and oxygen atoms in total. The van der Waals surface area contributed by atoms with E-state index in [1.54, 1.807) is 24.3 Å². The van der Waals surface area contributed by atoms with Crippen LogP contribution >= 0.6 is 0 Å². The Hall–Kier alpha value is -3.64. The van der Waals surface area contributed by atoms with Gasteiger partial charge in [0, 0.05) is 44.1 Å². The summed E-state index contributed by atoms with van der Waals surface area (Å²) in [5.74, 6) is -1.59. The molecule has 1 saturated heterocycles. The van der Waals surface area contributed by atoms with Gasteiger partial charge in [-0.25, -0.2) is 9.37 Å². The van der Waals surface area contributed by atoms with Crippen LogP contribution in [0.1, 0.15) is 53.7 Å². The normalized spacial score (nSPS) is 20.8. The smallest absolute Gasteiger partial charge is 0.261 e. The second-order valence-electron chi connectivity index (χ2n) is 8.98. The van der Waals surface area contributed by atoms with Crippen LogP contribution in [-0.2, 0) is 4.79 Å². The predicted molar refractivity (Wildman–Crippen MR) is 126 cm³/mol. The second kappa shape index (κ2) is 9.31. The van der Waals surface area contributed by atoms with E-state index in [0.29, 0.717) is 30.3 Å². The van der Waals surface area contributed by atoms with Crippen molar-refractivity contribution < 1.29 is 14.0 Å². The van der Waals surface area contributed by atoms with E-state index in [0.717, 1.165) is 11.6 Å². The molecule has 2 atom stereocenters. The number of pyridine rings is 1. The van der Waals surface area contributed by atoms with Gasteiger partial charge in [0.25, 0.3) is 11.8 Å². The van der Waals surface area contributed by atoms with E-state index in [9.17, 15) is 14.0 Å². The molecule has 4 rings (SSSR count). The van der Waals surface area contributed by atoms with E-state index in [2.05, 4.69) is 35.8 Å². The summed E-state index contributed by atoms with van der Waals surface area (Å²) in [5.41, 5.74) is 1.08. The third-order valence-electron chi connectivity index (χ3n) is 6.53. The Bertz CT molecular complexity index is 1190. The van der Waals surface area contributed by atoms with Gasteiger partial charge in [0.1, 0.15) is 17.8 Å². The average molecular weight is 463 g/mol. The highest BCUT2D eigenvalue weighted by Crippen LogP contribution is 2.30. The van der Waals surface area contributed by atoms with Crippen LogP contribution in [0.2, 0.25) is 0 Å². The Balaban J connectivity index is 1.47. The maximum absolute atomic E-state index is 14.4. The van der Waals surface area contributed by atoms with Gasteiger partial charge in [-0.05, 0) is 57.0 Å². The summed E-state index contributed by atoms with van der Waals surface area (Å²) >= 11 is 0. The third kappa shape index (κ3) is 4.17. The largest absolute Gasteiger partial charge is 0.336 e. The Morgan fingerprint density at radius 1 is 1.24 bits per heavy atom. The van der Waals surface area contributed by atoms with E-state index < -0.39 is 11.7 Å². The van der Waals surface area contributed by atoms with Crippen LogP contribution < -0.4 is 5.01 Å². The standard InChI is InChI=1S/C25H27FN6O2/c1-15(2)31-10-9-30(14-16(31)3)24(33)19-6-8-22(28-12-19)32-25(34)21(13-29-32)20-7-5-18(11-27)23(26)17(20)4/h5-8,12-13,15-16,21H,9-10,14H2,1-4H3/t16-,21?/m0/s1. The van der Waals surface area contributed by atoms with Gasteiger partial charge in [-0.1, -0.05) is 6.07 Å². The molecule has 0 saturated carbocycles. The fraction of sp³-hybridized carbons (Fsp3) is 0.400. The highest BCUT2D eigenvalue weighted by molar-refractivity contribution is 6.12. The van der Waals surface area contributed by atoms with Crippen molar-refractivity contribution in [1.82, 2.24) is 14.8 Å². The number of anilines is 1.